The van der Waals surface area contributed by atoms with Gasteiger partial charge in [-0.15, -0.1) is 0 Å². The average Bonchev–Trinajstić information content (AvgIpc) is 3.14. The molecule has 0 aromatic heterocycles. The molecule has 2 N–H and O–H groups in total. The second-order valence-corrected chi connectivity index (χ2v) is 8.02. The van der Waals surface area contributed by atoms with E-state index in [-0.39, 0.29) is 23.8 Å². The molecule has 3 rings (SSSR count). The molecule has 1 aliphatic carbocycles. The first-order valence-corrected chi connectivity index (χ1v) is 10.3. The number of nitrogens with one attached hydrogen (secondary N) is 2. The van der Waals surface area contributed by atoms with Gasteiger partial charge in [0.15, 0.2) is 0 Å². The summed E-state index contributed by atoms with van der Waals surface area (Å²) in [7, 11) is 0. The van der Waals surface area contributed by atoms with Gasteiger partial charge in [0.05, 0.1) is 0 Å². The lowest BCUT2D eigenvalue weighted by molar-refractivity contribution is -0.126. The fraction of sp³-hybridized carbons (Fsp3) is 0.500. The normalized spacial score (nSPS) is 26.5. The lowest BCUT2D eigenvalue weighted by Crippen LogP contribution is -2.43. The largest absolute Gasteiger partial charge is 0.352 e. The number of thioether (sulfide) groups is 1. The Morgan fingerprint density at radius 3 is 2.40 bits per heavy atom. The van der Waals surface area contributed by atoms with Gasteiger partial charge in [0, 0.05) is 29.8 Å². The highest BCUT2D eigenvalue weighted by molar-refractivity contribution is 7.99. The topological polar surface area (TPSA) is 58.2 Å². The number of carbonyl (C=O) groups is 2. The molecule has 1 unspecified atom stereocenters. The summed E-state index contributed by atoms with van der Waals surface area (Å²) in [6, 6.07) is 10.3. The van der Waals surface area contributed by atoms with Crippen molar-refractivity contribution < 1.29 is 9.59 Å². The maximum absolute atomic E-state index is 12.3. The van der Waals surface area contributed by atoms with Crippen molar-refractivity contribution in [2.75, 3.05) is 11.5 Å². The Labute approximate surface area is 153 Å². The summed E-state index contributed by atoms with van der Waals surface area (Å²) in [4.78, 5) is 24.4. The summed E-state index contributed by atoms with van der Waals surface area (Å²) in [5, 5.41) is 6.25. The second kappa shape index (κ2) is 9.09. The highest BCUT2D eigenvalue weighted by atomic mass is 32.2. The quantitative estimate of drug-likeness (QED) is 0.796. The summed E-state index contributed by atoms with van der Waals surface area (Å²) in [5.41, 5.74) is 1.02. The van der Waals surface area contributed by atoms with Crippen molar-refractivity contribution in [3.63, 3.8) is 0 Å². The molecular formula is C20H26N2O2S. The minimum absolute atomic E-state index is 0.0558. The van der Waals surface area contributed by atoms with Crippen LogP contribution in [0.15, 0.2) is 36.4 Å². The number of rotatable bonds is 5. The van der Waals surface area contributed by atoms with E-state index in [4.69, 9.17) is 0 Å². The second-order valence-electron chi connectivity index (χ2n) is 6.87. The lowest BCUT2D eigenvalue weighted by Gasteiger charge is -2.28. The molecule has 5 heteroatoms. The Bertz CT molecular complexity index is 603. The zero-order chi connectivity index (χ0) is 17.5. The van der Waals surface area contributed by atoms with Crippen LogP contribution in [-0.4, -0.2) is 35.4 Å². The Morgan fingerprint density at radius 1 is 0.960 bits per heavy atom. The third kappa shape index (κ3) is 5.63. The van der Waals surface area contributed by atoms with Gasteiger partial charge in [0.25, 0.3) is 0 Å². The minimum atomic E-state index is -0.0558. The molecule has 2 fully saturated rings. The molecule has 2 amide bonds. The number of benzene rings is 1. The molecule has 1 atom stereocenters. The van der Waals surface area contributed by atoms with E-state index >= 15 is 0 Å². The third-order valence-electron chi connectivity index (χ3n) is 4.95. The minimum Gasteiger partial charge on any atom is -0.352 e. The van der Waals surface area contributed by atoms with Crippen LogP contribution in [0.3, 0.4) is 0 Å². The van der Waals surface area contributed by atoms with Crippen LogP contribution in [0, 0.1) is 5.92 Å². The molecule has 1 aliphatic heterocycles. The monoisotopic (exact) mass is 358 g/mol. The van der Waals surface area contributed by atoms with Gasteiger partial charge in [-0.05, 0) is 49.5 Å². The highest BCUT2D eigenvalue weighted by Gasteiger charge is 2.28. The SMILES string of the molecule is O=C(/C=C/c1ccccc1)NC1CCC(C(=O)NC2CCSC2)CC1. The highest BCUT2D eigenvalue weighted by Crippen LogP contribution is 2.25. The summed E-state index contributed by atoms with van der Waals surface area (Å²) in [5.74, 6) is 2.46. The van der Waals surface area contributed by atoms with Crippen LogP contribution in [0.2, 0.25) is 0 Å². The molecule has 25 heavy (non-hydrogen) atoms. The van der Waals surface area contributed by atoms with Gasteiger partial charge >= 0.3 is 0 Å². The summed E-state index contributed by atoms with van der Waals surface area (Å²) >= 11 is 1.91. The third-order valence-corrected chi connectivity index (χ3v) is 6.11. The Hall–Kier alpha value is -1.75. The number of hydrogen-bond donors (Lipinski definition) is 2. The van der Waals surface area contributed by atoms with Crippen LogP contribution in [0.5, 0.6) is 0 Å². The van der Waals surface area contributed by atoms with Gasteiger partial charge in [-0.3, -0.25) is 9.59 Å². The zero-order valence-electron chi connectivity index (χ0n) is 14.4. The van der Waals surface area contributed by atoms with Crippen LogP contribution < -0.4 is 10.6 Å². The standard InChI is InChI=1S/C20H26N2O2S/c23-19(11-6-15-4-2-1-3-5-15)21-17-9-7-16(8-10-17)20(24)22-18-12-13-25-14-18/h1-6,11,16-18H,7-10,12-14H2,(H,21,23)(H,22,24)/b11-6+. The van der Waals surface area contributed by atoms with E-state index in [1.165, 1.54) is 0 Å². The van der Waals surface area contributed by atoms with Crippen molar-refractivity contribution in [1.82, 2.24) is 10.6 Å². The van der Waals surface area contributed by atoms with Crippen molar-refractivity contribution in [1.29, 1.82) is 0 Å². The van der Waals surface area contributed by atoms with Gasteiger partial charge in [-0.25, -0.2) is 0 Å². The number of carbonyl (C=O) groups excluding carboxylic acids is 2. The molecule has 134 valence electrons. The first-order chi connectivity index (χ1) is 12.2. The Morgan fingerprint density at radius 2 is 1.72 bits per heavy atom. The van der Waals surface area contributed by atoms with Gasteiger partial charge in [-0.1, -0.05) is 30.3 Å². The molecule has 0 spiro atoms. The maximum Gasteiger partial charge on any atom is 0.244 e. The van der Waals surface area contributed by atoms with E-state index in [2.05, 4.69) is 10.6 Å². The van der Waals surface area contributed by atoms with E-state index in [0.717, 1.165) is 49.2 Å². The van der Waals surface area contributed by atoms with Gasteiger partial charge in [0.1, 0.15) is 0 Å². The lowest BCUT2D eigenvalue weighted by atomic mass is 9.85. The molecule has 1 aromatic rings. The van der Waals surface area contributed by atoms with Crippen molar-refractivity contribution in [3.05, 3.63) is 42.0 Å². The zero-order valence-corrected chi connectivity index (χ0v) is 15.3. The smallest absolute Gasteiger partial charge is 0.244 e. The van der Waals surface area contributed by atoms with E-state index in [9.17, 15) is 9.59 Å². The van der Waals surface area contributed by atoms with Crippen LogP contribution in [-0.2, 0) is 9.59 Å². The molecule has 1 heterocycles. The van der Waals surface area contributed by atoms with E-state index in [1.807, 2.05) is 48.2 Å². The molecular weight excluding hydrogens is 332 g/mol. The fourth-order valence-corrected chi connectivity index (χ4v) is 4.61. The number of amides is 2. The average molecular weight is 359 g/mol. The fourth-order valence-electron chi connectivity index (χ4n) is 3.45. The first-order valence-electron chi connectivity index (χ1n) is 9.12. The molecule has 4 nitrogen and oxygen atoms in total. The van der Waals surface area contributed by atoms with Crippen molar-refractivity contribution in [2.24, 2.45) is 5.92 Å². The van der Waals surface area contributed by atoms with Crippen molar-refractivity contribution >= 4 is 29.7 Å². The first kappa shape index (κ1) is 18.1. The summed E-state index contributed by atoms with van der Waals surface area (Å²) < 4.78 is 0. The van der Waals surface area contributed by atoms with Gasteiger partial charge < -0.3 is 10.6 Å². The van der Waals surface area contributed by atoms with E-state index < -0.39 is 0 Å². The molecule has 2 aliphatic rings. The molecule has 0 radical (unpaired) electrons. The van der Waals surface area contributed by atoms with Gasteiger partial charge in [-0.2, -0.15) is 11.8 Å². The van der Waals surface area contributed by atoms with E-state index in [0.29, 0.717) is 6.04 Å². The Balaban J connectivity index is 1.39. The van der Waals surface area contributed by atoms with Crippen LogP contribution >= 0.6 is 11.8 Å². The summed E-state index contributed by atoms with van der Waals surface area (Å²) in [6.45, 7) is 0. The Kier molecular flexibility index (Phi) is 6.56. The molecule has 1 saturated carbocycles. The van der Waals surface area contributed by atoms with Gasteiger partial charge in [0.2, 0.25) is 11.8 Å². The van der Waals surface area contributed by atoms with Crippen LogP contribution in [0.4, 0.5) is 0 Å². The van der Waals surface area contributed by atoms with E-state index in [1.54, 1.807) is 6.08 Å². The predicted molar refractivity (Wildman–Crippen MR) is 103 cm³/mol. The van der Waals surface area contributed by atoms with Crippen LogP contribution in [0.25, 0.3) is 6.08 Å². The maximum atomic E-state index is 12.3. The molecule has 0 bridgehead atoms. The summed E-state index contributed by atoms with van der Waals surface area (Å²) in [6.07, 6.45) is 7.98. The van der Waals surface area contributed by atoms with Crippen molar-refractivity contribution in [3.8, 4) is 0 Å². The van der Waals surface area contributed by atoms with Crippen LogP contribution in [0.1, 0.15) is 37.7 Å². The molecule has 1 saturated heterocycles. The number of hydrogen-bond acceptors (Lipinski definition) is 3. The van der Waals surface area contributed by atoms with Crippen molar-refractivity contribution in [2.45, 2.75) is 44.2 Å². The predicted octanol–water partition coefficient (Wildman–Crippen LogP) is 3.00. The molecule has 1 aromatic carbocycles.